The second-order valence-corrected chi connectivity index (χ2v) is 4.92. The summed E-state index contributed by atoms with van der Waals surface area (Å²) in [5.41, 5.74) is 2.56. The van der Waals surface area contributed by atoms with E-state index in [9.17, 15) is 4.79 Å². The Labute approximate surface area is 118 Å². The SMILES string of the molecule is O=C(NCOCCS)OCC1Cc2ccncc2C1. The standard InChI is InChI=1S/C13H18N2O3S/c16-13(15-9-17-3-4-19)18-8-10-5-11-1-2-14-7-12(11)6-10/h1-2,7,10,19H,3-6,8-9H2,(H,15,16). The highest BCUT2D eigenvalue weighted by Gasteiger charge is 2.22. The zero-order chi connectivity index (χ0) is 13.5. The number of amides is 1. The highest BCUT2D eigenvalue weighted by atomic mass is 32.1. The molecule has 0 aromatic carbocycles. The highest BCUT2D eigenvalue weighted by molar-refractivity contribution is 7.80. The van der Waals surface area contributed by atoms with Crippen LogP contribution in [-0.4, -0.2) is 36.8 Å². The summed E-state index contributed by atoms with van der Waals surface area (Å²) in [6.07, 6.45) is 5.12. The smallest absolute Gasteiger partial charge is 0.408 e. The average Bonchev–Trinajstić information content (AvgIpc) is 2.84. The zero-order valence-electron chi connectivity index (χ0n) is 10.7. The number of ether oxygens (including phenoxy) is 2. The Morgan fingerprint density at radius 3 is 3.11 bits per heavy atom. The Bertz CT molecular complexity index is 403. The number of hydrogen-bond donors (Lipinski definition) is 2. The van der Waals surface area contributed by atoms with Gasteiger partial charge in [-0.1, -0.05) is 0 Å². The van der Waals surface area contributed by atoms with Crippen molar-refractivity contribution in [3.8, 4) is 0 Å². The largest absolute Gasteiger partial charge is 0.449 e. The normalized spacial score (nSPS) is 17.0. The Kier molecular flexibility index (Phi) is 5.47. The third-order valence-corrected chi connectivity index (χ3v) is 3.21. The fraction of sp³-hybridized carbons (Fsp3) is 0.538. The van der Waals surface area contributed by atoms with Gasteiger partial charge < -0.3 is 9.47 Å². The van der Waals surface area contributed by atoms with Crippen molar-refractivity contribution in [1.82, 2.24) is 10.3 Å². The lowest BCUT2D eigenvalue weighted by molar-refractivity contribution is 0.0950. The zero-order valence-corrected chi connectivity index (χ0v) is 11.6. The maximum atomic E-state index is 11.4. The second kappa shape index (κ2) is 7.35. The lowest BCUT2D eigenvalue weighted by Crippen LogP contribution is -2.29. The van der Waals surface area contributed by atoms with Gasteiger partial charge in [0.2, 0.25) is 0 Å². The number of thiol groups is 1. The molecule has 1 amide bonds. The quantitative estimate of drug-likeness (QED) is 0.471. The van der Waals surface area contributed by atoms with E-state index in [1.165, 1.54) is 11.1 Å². The number of pyridine rings is 1. The number of carbonyl (C=O) groups excluding carboxylic acids is 1. The van der Waals surface area contributed by atoms with Crippen LogP contribution < -0.4 is 5.32 Å². The van der Waals surface area contributed by atoms with E-state index in [-0.39, 0.29) is 6.73 Å². The lowest BCUT2D eigenvalue weighted by Gasteiger charge is -2.11. The molecular formula is C13H18N2O3S. The molecule has 1 aromatic rings. The maximum Gasteiger partial charge on any atom is 0.408 e. The van der Waals surface area contributed by atoms with E-state index in [1.807, 2.05) is 12.3 Å². The number of alkyl carbamates (subject to hydrolysis) is 1. The van der Waals surface area contributed by atoms with E-state index in [0.29, 0.717) is 24.9 Å². The molecule has 1 atom stereocenters. The van der Waals surface area contributed by atoms with Gasteiger partial charge in [-0.2, -0.15) is 12.6 Å². The van der Waals surface area contributed by atoms with Crippen LogP contribution in [0.2, 0.25) is 0 Å². The van der Waals surface area contributed by atoms with Crippen molar-refractivity contribution >= 4 is 18.7 Å². The van der Waals surface area contributed by atoms with E-state index in [0.717, 1.165) is 12.8 Å². The van der Waals surface area contributed by atoms with Gasteiger partial charge in [-0.25, -0.2) is 4.79 Å². The fourth-order valence-electron chi connectivity index (χ4n) is 2.14. The van der Waals surface area contributed by atoms with Gasteiger partial charge in [0.05, 0.1) is 13.2 Å². The van der Waals surface area contributed by atoms with E-state index in [4.69, 9.17) is 9.47 Å². The summed E-state index contributed by atoms with van der Waals surface area (Å²) in [4.78, 5) is 15.5. The van der Waals surface area contributed by atoms with Crippen molar-refractivity contribution in [1.29, 1.82) is 0 Å². The Morgan fingerprint density at radius 2 is 2.32 bits per heavy atom. The van der Waals surface area contributed by atoms with E-state index in [1.54, 1.807) is 6.20 Å². The highest BCUT2D eigenvalue weighted by Crippen LogP contribution is 2.25. The molecule has 0 spiro atoms. The molecule has 0 saturated carbocycles. The molecule has 0 radical (unpaired) electrons. The van der Waals surface area contributed by atoms with Gasteiger partial charge in [0.15, 0.2) is 0 Å². The molecule has 6 heteroatoms. The molecule has 1 N–H and O–H groups in total. The molecule has 5 nitrogen and oxygen atoms in total. The van der Waals surface area contributed by atoms with E-state index >= 15 is 0 Å². The molecule has 0 bridgehead atoms. The maximum absolute atomic E-state index is 11.4. The van der Waals surface area contributed by atoms with Crippen LogP contribution in [0.5, 0.6) is 0 Å². The fourth-order valence-corrected chi connectivity index (χ4v) is 2.27. The summed E-state index contributed by atoms with van der Waals surface area (Å²) in [6, 6.07) is 2.03. The Hall–Kier alpha value is -1.27. The summed E-state index contributed by atoms with van der Waals surface area (Å²) in [7, 11) is 0. The third-order valence-electron chi connectivity index (χ3n) is 3.03. The van der Waals surface area contributed by atoms with Crippen molar-refractivity contribution in [3.63, 3.8) is 0 Å². The molecule has 0 fully saturated rings. The minimum absolute atomic E-state index is 0.161. The van der Waals surface area contributed by atoms with Crippen molar-refractivity contribution in [2.45, 2.75) is 12.8 Å². The molecule has 2 rings (SSSR count). The molecule has 1 unspecified atom stereocenters. The first-order valence-electron chi connectivity index (χ1n) is 6.30. The van der Waals surface area contributed by atoms with Crippen LogP contribution in [0.25, 0.3) is 0 Å². The first-order valence-corrected chi connectivity index (χ1v) is 6.94. The van der Waals surface area contributed by atoms with Crippen LogP contribution in [0.1, 0.15) is 11.1 Å². The van der Waals surface area contributed by atoms with Crippen molar-refractivity contribution in [2.24, 2.45) is 5.92 Å². The van der Waals surface area contributed by atoms with E-state index in [2.05, 4.69) is 22.9 Å². The molecule has 104 valence electrons. The van der Waals surface area contributed by atoms with Crippen LogP contribution >= 0.6 is 12.6 Å². The third kappa shape index (κ3) is 4.40. The number of nitrogens with zero attached hydrogens (tertiary/aromatic N) is 1. The predicted octanol–water partition coefficient (Wildman–Crippen LogP) is 1.43. The summed E-state index contributed by atoms with van der Waals surface area (Å²) in [5, 5.41) is 2.53. The van der Waals surface area contributed by atoms with Crippen molar-refractivity contribution in [3.05, 3.63) is 29.6 Å². The van der Waals surface area contributed by atoms with Gasteiger partial charge in [0.1, 0.15) is 6.73 Å². The molecule has 1 aromatic heterocycles. The summed E-state index contributed by atoms with van der Waals surface area (Å²) >= 11 is 4.00. The number of aromatic nitrogens is 1. The summed E-state index contributed by atoms with van der Waals surface area (Å²) in [6.45, 7) is 1.09. The first-order chi connectivity index (χ1) is 9.29. The second-order valence-electron chi connectivity index (χ2n) is 4.47. The van der Waals surface area contributed by atoms with Crippen LogP contribution in [0.3, 0.4) is 0 Å². The van der Waals surface area contributed by atoms with Gasteiger partial charge in [0, 0.05) is 24.1 Å². The number of nitrogens with one attached hydrogen (secondary N) is 1. The molecule has 1 aliphatic rings. The van der Waals surface area contributed by atoms with E-state index < -0.39 is 6.09 Å². The molecular weight excluding hydrogens is 264 g/mol. The van der Waals surface area contributed by atoms with Gasteiger partial charge in [-0.15, -0.1) is 0 Å². The monoisotopic (exact) mass is 282 g/mol. The molecule has 0 saturated heterocycles. The Morgan fingerprint density at radius 1 is 1.47 bits per heavy atom. The molecule has 1 heterocycles. The average molecular weight is 282 g/mol. The predicted molar refractivity (Wildman–Crippen MR) is 74.3 cm³/mol. The number of hydrogen-bond acceptors (Lipinski definition) is 5. The van der Waals surface area contributed by atoms with Crippen molar-refractivity contribution < 1.29 is 14.3 Å². The van der Waals surface area contributed by atoms with Gasteiger partial charge in [-0.3, -0.25) is 10.3 Å². The van der Waals surface area contributed by atoms with Crippen LogP contribution in [0.4, 0.5) is 4.79 Å². The molecule has 1 aliphatic carbocycles. The van der Waals surface area contributed by atoms with Crippen LogP contribution in [0.15, 0.2) is 18.5 Å². The summed E-state index contributed by atoms with van der Waals surface area (Å²) in [5.74, 6) is 0.980. The van der Waals surface area contributed by atoms with Gasteiger partial charge >= 0.3 is 6.09 Å². The minimum atomic E-state index is -0.437. The lowest BCUT2D eigenvalue weighted by atomic mass is 10.1. The topological polar surface area (TPSA) is 60.5 Å². The Balaban J connectivity index is 1.63. The van der Waals surface area contributed by atoms with Crippen molar-refractivity contribution in [2.75, 3.05) is 25.7 Å². The summed E-state index contributed by atoms with van der Waals surface area (Å²) < 4.78 is 10.2. The van der Waals surface area contributed by atoms with Gasteiger partial charge in [-0.05, 0) is 30.0 Å². The van der Waals surface area contributed by atoms with Crippen LogP contribution in [-0.2, 0) is 22.3 Å². The van der Waals surface area contributed by atoms with Crippen LogP contribution in [0, 0.1) is 5.92 Å². The minimum Gasteiger partial charge on any atom is -0.449 e. The molecule has 19 heavy (non-hydrogen) atoms. The first kappa shape index (κ1) is 14.1. The molecule has 0 aliphatic heterocycles. The number of fused-ring (bicyclic) bond motifs is 1. The number of carbonyl (C=O) groups is 1. The number of rotatable bonds is 6. The van der Waals surface area contributed by atoms with Gasteiger partial charge in [0.25, 0.3) is 0 Å².